The molecule has 140 valence electrons. The van der Waals surface area contributed by atoms with Gasteiger partial charge >= 0.3 is 6.03 Å². The minimum atomic E-state index is -0.0488. The van der Waals surface area contributed by atoms with Crippen LogP contribution in [0, 0.1) is 5.92 Å². The summed E-state index contributed by atoms with van der Waals surface area (Å²) >= 11 is 0. The highest BCUT2D eigenvalue weighted by Crippen LogP contribution is 2.38. The molecule has 1 aromatic heterocycles. The van der Waals surface area contributed by atoms with Gasteiger partial charge in [0, 0.05) is 25.6 Å². The molecule has 2 aliphatic rings. The molecule has 1 aliphatic heterocycles. The molecule has 0 radical (unpaired) electrons. The van der Waals surface area contributed by atoms with Crippen molar-refractivity contribution in [3.63, 3.8) is 0 Å². The van der Waals surface area contributed by atoms with Gasteiger partial charge in [-0.1, -0.05) is 12.1 Å². The number of nitrogens with one attached hydrogen (secondary N) is 1. The van der Waals surface area contributed by atoms with Crippen LogP contribution in [0.3, 0.4) is 0 Å². The molecule has 0 spiro atoms. The molecule has 2 fully saturated rings. The van der Waals surface area contributed by atoms with Gasteiger partial charge in [-0.2, -0.15) is 4.98 Å². The van der Waals surface area contributed by atoms with Gasteiger partial charge in [0.25, 0.3) is 0 Å². The molecule has 1 saturated heterocycles. The molecule has 7 heteroatoms. The maximum absolute atomic E-state index is 12.3. The first-order valence-electron chi connectivity index (χ1n) is 9.73. The largest absolute Gasteiger partial charge is 0.339 e. The highest BCUT2D eigenvalue weighted by Gasteiger charge is 2.30. The fourth-order valence-electron chi connectivity index (χ4n) is 3.43. The summed E-state index contributed by atoms with van der Waals surface area (Å²) < 4.78 is 5.26. The molecular formula is C18H31N5O2. The van der Waals surface area contributed by atoms with E-state index >= 15 is 0 Å². The molecule has 1 atom stereocenters. The van der Waals surface area contributed by atoms with E-state index in [9.17, 15) is 4.79 Å². The van der Waals surface area contributed by atoms with Crippen LogP contribution in [0.25, 0.3) is 0 Å². The molecule has 0 unspecified atom stereocenters. The van der Waals surface area contributed by atoms with Crippen molar-refractivity contribution in [2.24, 2.45) is 5.92 Å². The van der Waals surface area contributed by atoms with Crippen LogP contribution in [-0.2, 0) is 6.54 Å². The highest BCUT2D eigenvalue weighted by atomic mass is 16.5. The van der Waals surface area contributed by atoms with Crippen molar-refractivity contribution in [2.45, 2.75) is 58.4 Å². The number of urea groups is 1. The number of carbonyl (C=O) groups excluding carboxylic acids is 1. The van der Waals surface area contributed by atoms with Gasteiger partial charge in [-0.3, -0.25) is 0 Å². The van der Waals surface area contributed by atoms with Crippen LogP contribution in [0.1, 0.15) is 63.6 Å². The Hall–Kier alpha value is -1.63. The summed E-state index contributed by atoms with van der Waals surface area (Å²) in [5, 5.41) is 7.02. The van der Waals surface area contributed by atoms with Gasteiger partial charge in [0.15, 0.2) is 5.82 Å². The number of nitrogens with zero attached hydrogens (tertiary/aromatic N) is 4. The van der Waals surface area contributed by atoms with Crippen molar-refractivity contribution in [1.29, 1.82) is 0 Å². The molecule has 7 nitrogen and oxygen atoms in total. The average molecular weight is 349 g/mol. The van der Waals surface area contributed by atoms with Gasteiger partial charge in [0.05, 0.1) is 6.54 Å². The summed E-state index contributed by atoms with van der Waals surface area (Å²) in [5.41, 5.74) is 0. The maximum Gasteiger partial charge on any atom is 0.317 e. The number of carbonyl (C=O) groups is 1. The first-order chi connectivity index (χ1) is 12.2. The Labute approximate surface area is 150 Å². The zero-order valence-electron chi connectivity index (χ0n) is 15.5. The summed E-state index contributed by atoms with van der Waals surface area (Å²) in [4.78, 5) is 21.0. The van der Waals surface area contributed by atoms with E-state index in [0.717, 1.165) is 37.6 Å². The lowest BCUT2D eigenvalue weighted by molar-refractivity contribution is 0.178. The van der Waals surface area contributed by atoms with Gasteiger partial charge in [-0.25, -0.2) is 4.79 Å². The second kappa shape index (κ2) is 8.65. The minimum Gasteiger partial charge on any atom is -0.339 e. The van der Waals surface area contributed by atoms with Crippen LogP contribution in [-0.4, -0.2) is 58.7 Å². The third-order valence-corrected chi connectivity index (χ3v) is 5.08. The van der Waals surface area contributed by atoms with E-state index in [2.05, 4.69) is 27.3 Å². The van der Waals surface area contributed by atoms with E-state index in [1.807, 2.05) is 6.92 Å². The van der Waals surface area contributed by atoms with Gasteiger partial charge in [0.2, 0.25) is 5.89 Å². The summed E-state index contributed by atoms with van der Waals surface area (Å²) in [6.07, 6.45) is 5.90. The predicted molar refractivity (Wildman–Crippen MR) is 95.2 cm³/mol. The number of hydrogen-bond donors (Lipinski definition) is 1. The van der Waals surface area contributed by atoms with Crippen molar-refractivity contribution >= 4 is 6.03 Å². The van der Waals surface area contributed by atoms with Crippen molar-refractivity contribution in [3.05, 3.63) is 11.7 Å². The van der Waals surface area contributed by atoms with Crippen molar-refractivity contribution < 1.29 is 9.32 Å². The molecule has 2 amide bonds. The predicted octanol–water partition coefficient (Wildman–Crippen LogP) is 2.60. The molecule has 1 N–H and O–H groups in total. The summed E-state index contributed by atoms with van der Waals surface area (Å²) in [5.74, 6) is 2.57. The fourth-order valence-corrected chi connectivity index (χ4v) is 3.43. The monoisotopic (exact) mass is 349 g/mol. The number of piperidine rings is 1. The second-order valence-corrected chi connectivity index (χ2v) is 7.47. The lowest BCUT2D eigenvalue weighted by Gasteiger charge is -2.30. The van der Waals surface area contributed by atoms with Gasteiger partial charge < -0.3 is 19.6 Å². The number of aromatic nitrogens is 2. The van der Waals surface area contributed by atoms with Gasteiger partial charge in [0.1, 0.15) is 0 Å². The minimum absolute atomic E-state index is 0.0488. The molecule has 0 aromatic carbocycles. The van der Waals surface area contributed by atoms with E-state index in [1.54, 1.807) is 4.90 Å². The number of likely N-dealkylation sites (tertiary alicyclic amines) is 1. The maximum atomic E-state index is 12.3. The second-order valence-electron chi connectivity index (χ2n) is 7.47. The van der Waals surface area contributed by atoms with Gasteiger partial charge in [-0.15, -0.1) is 0 Å². The SMILES string of the molecule is CCN(Cc1noc(C2CC2)n1)C(=O)NCCCN1CCC[C@H](C)C1. The lowest BCUT2D eigenvalue weighted by Crippen LogP contribution is -2.41. The third-order valence-electron chi connectivity index (χ3n) is 5.08. The Morgan fingerprint density at radius 1 is 1.40 bits per heavy atom. The zero-order valence-corrected chi connectivity index (χ0v) is 15.5. The quantitative estimate of drug-likeness (QED) is 0.730. The normalized spacial score (nSPS) is 21.3. The highest BCUT2D eigenvalue weighted by molar-refractivity contribution is 5.73. The third kappa shape index (κ3) is 5.42. The van der Waals surface area contributed by atoms with Crippen molar-refractivity contribution in [2.75, 3.05) is 32.7 Å². The fraction of sp³-hybridized carbons (Fsp3) is 0.833. The summed E-state index contributed by atoms with van der Waals surface area (Å²) in [7, 11) is 0. The first kappa shape index (κ1) is 18.2. The van der Waals surface area contributed by atoms with E-state index in [-0.39, 0.29) is 6.03 Å². The summed E-state index contributed by atoms with van der Waals surface area (Å²) in [6, 6.07) is -0.0488. The number of amides is 2. The molecule has 1 aromatic rings. The van der Waals surface area contributed by atoms with Crippen LogP contribution in [0.15, 0.2) is 4.52 Å². The Morgan fingerprint density at radius 2 is 2.24 bits per heavy atom. The Balaban J connectivity index is 1.36. The number of hydrogen-bond acceptors (Lipinski definition) is 5. The summed E-state index contributed by atoms with van der Waals surface area (Å²) in [6.45, 7) is 9.48. The molecule has 1 aliphatic carbocycles. The lowest BCUT2D eigenvalue weighted by atomic mass is 10.0. The van der Waals surface area contributed by atoms with Crippen molar-refractivity contribution in [1.82, 2.24) is 25.3 Å². The molecular weight excluding hydrogens is 318 g/mol. The zero-order chi connectivity index (χ0) is 17.6. The molecule has 1 saturated carbocycles. The molecule has 3 rings (SSSR count). The van der Waals surface area contributed by atoms with Crippen LogP contribution in [0.2, 0.25) is 0 Å². The molecule has 0 bridgehead atoms. The van der Waals surface area contributed by atoms with E-state index in [0.29, 0.717) is 31.4 Å². The van der Waals surface area contributed by atoms with Crippen LogP contribution >= 0.6 is 0 Å². The topological polar surface area (TPSA) is 74.5 Å². The Kier molecular flexibility index (Phi) is 6.29. The number of rotatable bonds is 8. The molecule has 2 heterocycles. The Morgan fingerprint density at radius 3 is 2.96 bits per heavy atom. The van der Waals surface area contributed by atoms with Gasteiger partial charge in [-0.05, 0) is 58.0 Å². The first-order valence-corrected chi connectivity index (χ1v) is 9.73. The van der Waals surface area contributed by atoms with Crippen LogP contribution in [0.4, 0.5) is 4.79 Å². The van der Waals surface area contributed by atoms with E-state index in [1.165, 1.54) is 25.9 Å². The Bertz CT molecular complexity index is 557. The average Bonchev–Trinajstić information content (AvgIpc) is 3.35. The standard InChI is InChI=1S/C18H31N5O2/c1-3-23(13-16-20-17(25-21-16)15-7-8-15)18(24)19-9-5-11-22-10-4-6-14(2)12-22/h14-15H,3-13H2,1-2H3,(H,19,24)/t14-/m0/s1. The van der Waals surface area contributed by atoms with E-state index < -0.39 is 0 Å². The van der Waals surface area contributed by atoms with E-state index in [4.69, 9.17) is 4.52 Å². The smallest absolute Gasteiger partial charge is 0.317 e. The van der Waals surface area contributed by atoms with Crippen LogP contribution < -0.4 is 5.32 Å². The van der Waals surface area contributed by atoms with Crippen molar-refractivity contribution in [3.8, 4) is 0 Å². The van der Waals surface area contributed by atoms with Crippen LogP contribution in [0.5, 0.6) is 0 Å². The molecule has 25 heavy (non-hydrogen) atoms.